The van der Waals surface area contributed by atoms with Crippen LogP contribution in [0.2, 0.25) is 0 Å². The van der Waals surface area contributed by atoms with E-state index in [4.69, 9.17) is 9.47 Å². The Balaban J connectivity index is 1.33. The number of carbonyl (C=O) groups is 1. The lowest BCUT2D eigenvalue weighted by Gasteiger charge is -2.34. The zero-order valence-electron chi connectivity index (χ0n) is 21.2. The van der Waals surface area contributed by atoms with E-state index < -0.39 is 5.54 Å². The predicted octanol–water partition coefficient (Wildman–Crippen LogP) is 3.40. The molecule has 1 amide bonds. The van der Waals surface area contributed by atoms with Gasteiger partial charge in [-0.2, -0.15) is 0 Å². The molecule has 1 N–H and O–H groups in total. The summed E-state index contributed by atoms with van der Waals surface area (Å²) in [6.07, 6.45) is 6.69. The first kappa shape index (κ1) is 24.4. The molecule has 194 valence electrons. The molecule has 6 rings (SSSR count). The van der Waals surface area contributed by atoms with Crippen LogP contribution in [0.3, 0.4) is 0 Å². The van der Waals surface area contributed by atoms with Crippen LogP contribution in [0.15, 0.2) is 72.0 Å². The van der Waals surface area contributed by atoms with Gasteiger partial charge >= 0.3 is 0 Å². The quantitative estimate of drug-likeness (QED) is 0.406. The molecule has 4 aromatic rings. The Morgan fingerprint density at radius 2 is 1.95 bits per heavy atom. The molecular formula is C29H29N5O4. The summed E-state index contributed by atoms with van der Waals surface area (Å²) in [6, 6.07) is 15.0. The number of carbonyl (C=O) groups excluding carboxylic acids is 1. The Kier molecular flexibility index (Phi) is 6.49. The number of rotatable bonds is 7. The van der Waals surface area contributed by atoms with Gasteiger partial charge in [0.25, 0.3) is 5.56 Å². The van der Waals surface area contributed by atoms with Crippen molar-refractivity contribution in [3.8, 4) is 16.8 Å². The van der Waals surface area contributed by atoms with Crippen molar-refractivity contribution >= 4 is 22.5 Å². The largest absolute Gasteiger partial charge is 0.380 e. The van der Waals surface area contributed by atoms with Crippen LogP contribution in [0, 0.1) is 0 Å². The second-order valence-corrected chi connectivity index (χ2v) is 9.75. The molecule has 9 nitrogen and oxygen atoms in total. The van der Waals surface area contributed by atoms with Gasteiger partial charge < -0.3 is 14.8 Å². The molecule has 9 heteroatoms. The maximum absolute atomic E-state index is 13.5. The summed E-state index contributed by atoms with van der Waals surface area (Å²) in [6.45, 7) is 3.11. The molecule has 1 saturated heterocycles. The molecule has 38 heavy (non-hydrogen) atoms. The Morgan fingerprint density at radius 1 is 1.11 bits per heavy atom. The van der Waals surface area contributed by atoms with Crippen LogP contribution >= 0.6 is 0 Å². The third kappa shape index (κ3) is 4.49. The van der Waals surface area contributed by atoms with Crippen molar-refractivity contribution in [3.63, 3.8) is 0 Å². The third-order valence-corrected chi connectivity index (χ3v) is 7.44. The van der Waals surface area contributed by atoms with Crippen LogP contribution in [0.5, 0.6) is 0 Å². The van der Waals surface area contributed by atoms with E-state index in [1.54, 1.807) is 25.6 Å². The van der Waals surface area contributed by atoms with Crippen molar-refractivity contribution in [2.75, 3.05) is 38.7 Å². The Morgan fingerprint density at radius 3 is 2.68 bits per heavy atom. The average Bonchev–Trinajstić information content (AvgIpc) is 3.78. The van der Waals surface area contributed by atoms with Crippen LogP contribution in [0.25, 0.3) is 27.7 Å². The van der Waals surface area contributed by atoms with Crippen molar-refractivity contribution in [2.45, 2.75) is 25.0 Å². The summed E-state index contributed by atoms with van der Waals surface area (Å²) in [5.74, 6) is -0.0270. The SMILES string of the molecule is COCc1ccc(-n2cnc3cc(-c4cccnc4)ccc3c2=O)cc1NC(=O)C1(N2CCOCC2)CC1. The summed E-state index contributed by atoms with van der Waals surface area (Å²) < 4.78 is 12.4. The second kappa shape index (κ2) is 10.1. The second-order valence-electron chi connectivity index (χ2n) is 9.75. The first-order valence-electron chi connectivity index (χ1n) is 12.8. The number of amides is 1. The molecule has 1 saturated carbocycles. The van der Waals surface area contributed by atoms with Gasteiger partial charge in [-0.15, -0.1) is 0 Å². The van der Waals surface area contributed by atoms with Gasteiger partial charge in [0.2, 0.25) is 5.91 Å². The number of hydrogen-bond donors (Lipinski definition) is 1. The van der Waals surface area contributed by atoms with Gasteiger partial charge in [-0.05, 0) is 48.7 Å². The lowest BCUT2D eigenvalue weighted by atomic mass is 10.1. The van der Waals surface area contributed by atoms with Gasteiger partial charge in [0, 0.05) is 49.4 Å². The molecule has 2 aliphatic rings. The van der Waals surface area contributed by atoms with Gasteiger partial charge in [-0.3, -0.25) is 24.0 Å². The van der Waals surface area contributed by atoms with E-state index >= 15 is 0 Å². The number of pyridine rings is 1. The molecule has 3 heterocycles. The van der Waals surface area contributed by atoms with Crippen molar-refractivity contribution < 1.29 is 14.3 Å². The normalized spacial score (nSPS) is 16.9. The fourth-order valence-corrected chi connectivity index (χ4v) is 5.17. The molecule has 0 bridgehead atoms. The van der Waals surface area contributed by atoms with Gasteiger partial charge in [0.1, 0.15) is 11.9 Å². The van der Waals surface area contributed by atoms with Crippen molar-refractivity contribution in [2.24, 2.45) is 0 Å². The molecular weight excluding hydrogens is 482 g/mol. The average molecular weight is 512 g/mol. The molecule has 0 spiro atoms. The summed E-state index contributed by atoms with van der Waals surface area (Å²) >= 11 is 0. The highest BCUT2D eigenvalue weighted by molar-refractivity contribution is 6.01. The first-order chi connectivity index (χ1) is 18.6. The standard InChI is InChI=1S/C29H29N5O4/c1-37-18-22-4-6-23(16-25(22)32-28(36)29(8-9-29)33-11-13-38-14-12-33)34-19-31-26-15-20(5-7-24(26)27(34)35)21-3-2-10-30-17-21/h2-7,10,15-17,19H,8-9,11-14,18H2,1H3,(H,32,36). The van der Waals surface area contributed by atoms with Crippen molar-refractivity contribution in [1.29, 1.82) is 0 Å². The van der Waals surface area contributed by atoms with E-state index in [1.807, 2.05) is 42.5 Å². The van der Waals surface area contributed by atoms with Crippen LogP contribution < -0.4 is 10.9 Å². The number of nitrogens with one attached hydrogen (secondary N) is 1. The van der Waals surface area contributed by atoms with Crippen molar-refractivity contribution in [3.05, 3.63) is 83.2 Å². The van der Waals surface area contributed by atoms with Crippen LogP contribution in [-0.4, -0.2) is 64.3 Å². The molecule has 0 radical (unpaired) electrons. The van der Waals surface area contributed by atoms with Crippen LogP contribution in [0.1, 0.15) is 18.4 Å². The number of nitrogens with zero attached hydrogens (tertiary/aromatic N) is 4. The number of morpholine rings is 1. The number of fused-ring (bicyclic) bond motifs is 1. The smallest absolute Gasteiger partial charge is 0.265 e. The summed E-state index contributed by atoms with van der Waals surface area (Å²) in [7, 11) is 1.62. The molecule has 1 aliphatic carbocycles. The topological polar surface area (TPSA) is 98.6 Å². The van der Waals surface area contributed by atoms with E-state index in [0.717, 1.165) is 42.6 Å². The fraction of sp³-hybridized carbons (Fsp3) is 0.310. The van der Waals surface area contributed by atoms with Crippen molar-refractivity contribution in [1.82, 2.24) is 19.4 Å². The molecule has 0 atom stereocenters. The van der Waals surface area contributed by atoms with E-state index in [0.29, 0.717) is 42.1 Å². The lowest BCUT2D eigenvalue weighted by Crippen LogP contribution is -2.51. The lowest BCUT2D eigenvalue weighted by molar-refractivity contribution is -0.124. The summed E-state index contributed by atoms with van der Waals surface area (Å²) in [4.78, 5) is 37.9. The zero-order valence-corrected chi connectivity index (χ0v) is 21.2. The number of benzene rings is 2. The van der Waals surface area contributed by atoms with Crippen LogP contribution in [-0.2, 0) is 20.9 Å². The highest BCUT2D eigenvalue weighted by Gasteiger charge is 2.54. The van der Waals surface area contributed by atoms with Gasteiger partial charge in [-0.1, -0.05) is 18.2 Å². The van der Waals surface area contributed by atoms with Gasteiger partial charge in [-0.25, -0.2) is 4.98 Å². The number of anilines is 1. The van der Waals surface area contributed by atoms with E-state index in [2.05, 4.69) is 20.2 Å². The minimum atomic E-state index is -0.489. The van der Waals surface area contributed by atoms with Crippen LogP contribution in [0.4, 0.5) is 5.69 Å². The number of ether oxygens (including phenoxy) is 2. The van der Waals surface area contributed by atoms with E-state index in [9.17, 15) is 9.59 Å². The maximum Gasteiger partial charge on any atom is 0.265 e. The Labute approximate surface area is 220 Å². The predicted molar refractivity (Wildman–Crippen MR) is 144 cm³/mol. The highest BCUT2D eigenvalue weighted by atomic mass is 16.5. The van der Waals surface area contributed by atoms with Gasteiger partial charge in [0.15, 0.2) is 0 Å². The molecule has 2 fully saturated rings. The minimum Gasteiger partial charge on any atom is -0.380 e. The summed E-state index contributed by atoms with van der Waals surface area (Å²) in [5, 5.41) is 3.65. The molecule has 1 aliphatic heterocycles. The maximum atomic E-state index is 13.5. The Hall–Kier alpha value is -3.92. The zero-order chi connectivity index (χ0) is 26.1. The number of aromatic nitrogens is 3. The first-order valence-corrected chi connectivity index (χ1v) is 12.8. The molecule has 2 aromatic heterocycles. The third-order valence-electron chi connectivity index (χ3n) is 7.44. The molecule has 2 aromatic carbocycles. The van der Waals surface area contributed by atoms with E-state index in [-0.39, 0.29) is 11.5 Å². The van der Waals surface area contributed by atoms with E-state index in [1.165, 1.54) is 10.9 Å². The number of methoxy groups -OCH3 is 1. The Bertz CT molecular complexity index is 1540. The monoisotopic (exact) mass is 511 g/mol. The fourth-order valence-electron chi connectivity index (χ4n) is 5.17. The minimum absolute atomic E-state index is 0.0270. The molecule has 0 unspecified atom stereocenters. The van der Waals surface area contributed by atoms with Gasteiger partial charge in [0.05, 0.1) is 36.4 Å². The highest BCUT2D eigenvalue weighted by Crippen LogP contribution is 2.43. The summed E-state index contributed by atoms with van der Waals surface area (Å²) in [5.41, 5.74) is 3.93. The number of hydrogen-bond acceptors (Lipinski definition) is 7.